The highest BCUT2D eigenvalue weighted by molar-refractivity contribution is 5.61. The Kier molecular flexibility index (Phi) is 3.21. The summed E-state index contributed by atoms with van der Waals surface area (Å²) in [5.41, 5.74) is 7.90. The van der Waals surface area contributed by atoms with Crippen molar-refractivity contribution in [3.05, 3.63) is 30.9 Å². The molecule has 3 rings (SSSR count). The lowest BCUT2D eigenvalue weighted by atomic mass is 10.0. The fraction of sp³-hybridized carbons (Fsp3) is 0.429. The van der Waals surface area contributed by atoms with Crippen molar-refractivity contribution in [1.82, 2.24) is 14.5 Å². The molecule has 1 aliphatic rings. The Balaban J connectivity index is 1.94. The largest absolute Gasteiger partial charge is 0.384 e. The molecule has 5 heteroatoms. The van der Waals surface area contributed by atoms with Crippen molar-refractivity contribution in [2.45, 2.75) is 31.9 Å². The second-order valence-electron chi connectivity index (χ2n) is 5.02. The Hall–Kier alpha value is -1.88. The van der Waals surface area contributed by atoms with E-state index in [1.807, 2.05) is 24.7 Å². The van der Waals surface area contributed by atoms with E-state index in [0.29, 0.717) is 18.0 Å². The summed E-state index contributed by atoms with van der Waals surface area (Å²) in [6, 6.07) is 4.29. The Morgan fingerprint density at radius 2 is 2.37 bits per heavy atom. The van der Waals surface area contributed by atoms with Gasteiger partial charge < -0.3 is 15.0 Å². The van der Waals surface area contributed by atoms with E-state index < -0.39 is 0 Å². The van der Waals surface area contributed by atoms with Crippen molar-refractivity contribution in [3.63, 3.8) is 0 Å². The van der Waals surface area contributed by atoms with Gasteiger partial charge in [0.15, 0.2) is 0 Å². The highest BCUT2D eigenvalue weighted by Gasteiger charge is 2.22. The van der Waals surface area contributed by atoms with Gasteiger partial charge in [-0.1, -0.05) is 0 Å². The molecule has 19 heavy (non-hydrogen) atoms. The van der Waals surface area contributed by atoms with Crippen molar-refractivity contribution >= 4 is 5.82 Å². The number of imidazole rings is 1. The maximum atomic E-state index is 5.75. The number of pyridine rings is 1. The van der Waals surface area contributed by atoms with Crippen LogP contribution in [-0.2, 0) is 4.74 Å². The van der Waals surface area contributed by atoms with E-state index >= 15 is 0 Å². The molecule has 0 saturated carbocycles. The molecule has 0 aliphatic carbocycles. The van der Waals surface area contributed by atoms with E-state index in [4.69, 9.17) is 10.5 Å². The number of anilines is 1. The van der Waals surface area contributed by atoms with Crippen LogP contribution in [0.3, 0.4) is 0 Å². The Morgan fingerprint density at radius 1 is 1.47 bits per heavy atom. The van der Waals surface area contributed by atoms with Gasteiger partial charge in [0, 0.05) is 24.4 Å². The number of hydrogen-bond acceptors (Lipinski definition) is 4. The van der Waals surface area contributed by atoms with Crippen LogP contribution >= 0.6 is 0 Å². The third-order valence-electron chi connectivity index (χ3n) is 3.59. The van der Waals surface area contributed by atoms with Crippen molar-refractivity contribution < 1.29 is 4.74 Å². The molecule has 2 unspecified atom stereocenters. The maximum absolute atomic E-state index is 5.75. The summed E-state index contributed by atoms with van der Waals surface area (Å²) in [6.45, 7) is 2.93. The molecule has 2 atom stereocenters. The standard InChI is InChI=1S/C14H18N4O/c1-10-6-12(3-5-19-10)18-9-16-8-13(18)11-2-4-17-14(15)7-11/h2,4,7-10,12H,3,5-6H2,1H3,(H2,15,17). The van der Waals surface area contributed by atoms with Gasteiger partial charge in [-0.05, 0) is 31.9 Å². The number of hydrogen-bond donors (Lipinski definition) is 1. The van der Waals surface area contributed by atoms with E-state index in [1.165, 1.54) is 0 Å². The van der Waals surface area contributed by atoms with Gasteiger partial charge in [0.2, 0.25) is 0 Å². The molecule has 0 spiro atoms. The topological polar surface area (TPSA) is 66.0 Å². The average Bonchev–Trinajstić information content (AvgIpc) is 2.88. The van der Waals surface area contributed by atoms with Gasteiger partial charge in [-0.25, -0.2) is 9.97 Å². The molecule has 1 saturated heterocycles. The van der Waals surface area contributed by atoms with Gasteiger partial charge in [0.05, 0.1) is 24.3 Å². The second kappa shape index (κ2) is 5.01. The Morgan fingerprint density at radius 3 is 3.16 bits per heavy atom. The molecular formula is C14H18N4O. The molecule has 0 bridgehead atoms. The number of ether oxygens (including phenoxy) is 1. The normalized spacial score (nSPS) is 23.4. The summed E-state index contributed by atoms with van der Waals surface area (Å²) in [5, 5.41) is 0. The molecule has 0 amide bonds. The van der Waals surface area contributed by atoms with E-state index in [-0.39, 0.29) is 0 Å². The van der Waals surface area contributed by atoms with Crippen molar-refractivity contribution in [2.24, 2.45) is 0 Å². The lowest BCUT2D eigenvalue weighted by Gasteiger charge is -2.29. The molecule has 0 aromatic carbocycles. The smallest absolute Gasteiger partial charge is 0.123 e. The van der Waals surface area contributed by atoms with Gasteiger partial charge in [-0.2, -0.15) is 0 Å². The fourth-order valence-electron chi connectivity index (χ4n) is 2.65. The lowest BCUT2D eigenvalue weighted by Crippen LogP contribution is -2.25. The van der Waals surface area contributed by atoms with Gasteiger partial charge in [0.25, 0.3) is 0 Å². The quantitative estimate of drug-likeness (QED) is 0.897. The van der Waals surface area contributed by atoms with Crippen LogP contribution in [0.2, 0.25) is 0 Å². The minimum atomic E-state index is 0.302. The van der Waals surface area contributed by atoms with Crippen LogP contribution in [0.5, 0.6) is 0 Å². The zero-order valence-electron chi connectivity index (χ0n) is 11.0. The lowest BCUT2D eigenvalue weighted by molar-refractivity contribution is 0.00624. The molecule has 2 aromatic heterocycles. The van der Waals surface area contributed by atoms with Crippen molar-refractivity contribution in [2.75, 3.05) is 12.3 Å². The van der Waals surface area contributed by atoms with Crippen LogP contribution in [0, 0.1) is 0 Å². The van der Waals surface area contributed by atoms with Crippen molar-refractivity contribution in [3.8, 4) is 11.3 Å². The maximum Gasteiger partial charge on any atom is 0.123 e. The molecule has 5 nitrogen and oxygen atoms in total. The molecule has 0 radical (unpaired) electrons. The predicted octanol–water partition coefficient (Wildman–Crippen LogP) is 2.27. The molecule has 1 aliphatic heterocycles. The highest BCUT2D eigenvalue weighted by atomic mass is 16.5. The number of rotatable bonds is 2. The van der Waals surface area contributed by atoms with Crippen LogP contribution < -0.4 is 5.73 Å². The molecule has 100 valence electrons. The second-order valence-corrected chi connectivity index (χ2v) is 5.02. The Bertz CT molecular complexity index is 566. The predicted molar refractivity (Wildman–Crippen MR) is 73.6 cm³/mol. The minimum Gasteiger partial charge on any atom is -0.384 e. The van der Waals surface area contributed by atoms with Gasteiger partial charge >= 0.3 is 0 Å². The van der Waals surface area contributed by atoms with E-state index in [1.54, 1.807) is 6.20 Å². The first-order valence-corrected chi connectivity index (χ1v) is 6.59. The average molecular weight is 258 g/mol. The monoisotopic (exact) mass is 258 g/mol. The van der Waals surface area contributed by atoms with Crippen molar-refractivity contribution in [1.29, 1.82) is 0 Å². The van der Waals surface area contributed by atoms with E-state index in [9.17, 15) is 0 Å². The van der Waals surface area contributed by atoms with Crippen LogP contribution in [-0.4, -0.2) is 27.2 Å². The summed E-state index contributed by atoms with van der Waals surface area (Å²) >= 11 is 0. The molecule has 2 aromatic rings. The first-order chi connectivity index (χ1) is 9.24. The third-order valence-corrected chi connectivity index (χ3v) is 3.59. The molecular weight excluding hydrogens is 240 g/mol. The first-order valence-electron chi connectivity index (χ1n) is 6.59. The summed E-state index contributed by atoms with van der Waals surface area (Å²) in [6.07, 6.45) is 7.85. The van der Waals surface area contributed by atoms with E-state index in [0.717, 1.165) is 30.7 Å². The van der Waals surface area contributed by atoms with Crippen LogP contribution in [0.1, 0.15) is 25.8 Å². The number of aromatic nitrogens is 3. The summed E-state index contributed by atoms with van der Waals surface area (Å²) in [7, 11) is 0. The fourth-order valence-corrected chi connectivity index (χ4v) is 2.65. The summed E-state index contributed by atoms with van der Waals surface area (Å²) < 4.78 is 7.84. The highest BCUT2D eigenvalue weighted by Crippen LogP contribution is 2.30. The molecule has 2 N–H and O–H groups in total. The van der Waals surface area contributed by atoms with Gasteiger partial charge in [-0.3, -0.25) is 0 Å². The van der Waals surface area contributed by atoms with Crippen LogP contribution in [0.25, 0.3) is 11.3 Å². The Labute approximate surface area is 112 Å². The zero-order valence-corrected chi connectivity index (χ0v) is 11.0. The SMILES string of the molecule is CC1CC(n2cncc2-c2ccnc(N)c2)CCO1. The van der Waals surface area contributed by atoms with Gasteiger partial charge in [-0.15, -0.1) is 0 Å². The zero-order chi connectivity index (χ0) is 13.2. The molecule has 1 fully saturated rings. The van der Waals surface area contributed by atoms with Crippen LogP contribution in [0.4, 0.5) is 5.82 Å². The number of nitrogens with two attached hydrogens (primary N) is 1. The van der Waals surface area contributed by atoms with Gasteiger partial charge in [0.1, 0.15) is 5.82 Å². The summed E-state index contributed by atoms with van der Waals surface area (Å²) in [5.74, 6) is 0.533. The molecule has 3 heterocycles. The first kappa shape index (κ1) is 12.2. The van der Waals surface area contributed by atoms with Crippen LogP contribution in [0.15, 0.2) is 30.9 Å². The van der Waals surface area contributed by atoms with E-state index in [2.05, 4.69) is 21.5 Å². The summed E-state index contributed by atoms with van der Waals surface area (Å²) in [4.78, 5) is 8.32. The third kappa shape index (κ3) is 2.46. The number of nitrogens with zero attached hydrogens (tertiary/aromatic N) is 3. The number of nitrogen functional groups attached to an aromatic ring is 1. The minimum absolute atomic E-state index is 0.302.